The minimum Gasteiger partial charge on any atom is -0.493 e. The third-order valence-corrected chi connectivity index (χ3v) is 2.00. The van der Waals surface area contributed by atoms with Crippen LogP contribution in [0.4, 0.5) is 4.39 Å². The summed E-state index contributed by atoms with van der Waals surface area (Å²) in [6.45, 7) is 1.13. The molecule has 0 heterocycles. The van der Waals surface area contributed by atoms with Crippen LogP contribution in [-0.2, 0) is 0 Å². The van der Waals surface area contributed by atoms with Gasteiger partial charge in [-0.3, -0.25) is 0 Å². The lowest BCUT2D eigenvalue weighted by molar-refractivity contribution is 0.198. The number of rotatable bonds is 5. The quantitative estimate of drug-likeness (QED) is 0.815. The maximum Gasteiger partial charge on any atom is 0.161 e. The average molecular weight is 214 g/mol. The summed E-state index contributed by atoms with van der Waals surface area (Å²) in [5.74, 6) is 0.987. The molecule has 1 N–H and O–H groups in total. The molecule has 1 atom stereocenters. The maximum absolute atomic E-state index is 11.9. The Hall–Kier alpha value is -1.29. The van der Waals surface area contributed by atoms with Crippen LogP contribution in [-0.4, -0.2) is 25.5 Å². The number of alkyl halides is 1. The Labute approximate surface area is 88.4 Å². The van der Waals surface area contributed by atoms with Gasteiger partial charge in [-0.2, -0.15) is 0 Å². The van der Waals surface area contributed by atoms with Gasteiger partial charge >= 0.3 is 0 Å². The third kappa shape index (κ3) is 3.09. The van der Waals surface area contributed by atoms with Crippen LogP contribution in [0.3, 0.4) is 0 Å². The smallest absolute Gasteiger partial charge is 0.161 e. The van der Waals surface area contributed by atoms with E-state index in [1.165, 1.54) is 7.11 Å². The van der Waals surface area contributed by atoms with E-state index in [4.69, 9.17) is 9.47 Å². The lowest BCUT2D eigenvalue weighted by Gasteiger charge is -2.12. The van der Waals surface area contributed by atoms with Crippen LogP contribution in [0.25, 0.3) is 0 Å². The summed E-state index contributed by atoms with van der Waals surface area (Å²) in [5, 5.41) is 9.35. The molecule has 0 amide bonds. The summed E-state index contributed by atoms with van der Waals surface area (Å²) >= 11 is 0. The molecule has 15 heavy (non-hydrogen) atoms. The van der Waals surface area contributed by atoms with E-state index in [2.05, 4.69) is 0 Å². The van der Waals surface area contributed by atoms with Crippen molar-refractivity contribution in [3.05, 3.63) is 23.8 Å². The molecule has 0 saturated carbocycles. The number of methoxy groups -OCH3 is 1. The molecule has 1 rings (SSSR count). The van der Waals surface area contributed by atoms with E-state index in [9.17, 15) is 9.50 Å². The standard InChI is InChI=1S/C11H15FO3/c1-8(13)9-3-4-10(15-6-5-12)11(7-9)14-2/h3-4,7-8,13H,5-6H2,1-2H3/t8-/m0/s1. The SMILES string of the molecule is COc1cc([C@H](C)O)ccc1OCCF. The summed E-state index contributed by atoms with van der Waals surface area (Å²) < 4.78 is 22.1. The van der Waals surface area contributed by atoms with Gasteiger partial charge in [0, 0.05) is 0 Å². The Balaban J connectivity index is 2.88. The van der Waals surface area contributed by atoms with E-state index >= 15 is 0 Å². The highest BCUT2D eigenvalue weighted by Gasteiger charge is 2.08. The minimum absolute atomic E-state index is 0.00435. The molecule has 0 aliphatic carbocycles. The Morgan fingerprint density at radius 3 is 2.67 bits per heavy atom. The first-order valence-electron chi connectivity index (χ1n) is 4.73. The largest absolute Gasteiger partial charge is 0.493 e. The fourth-order valence-corrected chi connectivity index (χ4v) is 1.21. The van der Waals surface area contributed by atoms with Crippen molar-refractivity contribution in [3.63, 3.8) is 0 Å². The zero-order chi connectivity index (χ0) is 11.3. The maximum atomic E-state index is 11.9. The van der Waals surface area contributed by atoms with Crippen LogP contribution < -0.4 is 9.47 Å². The van der Waals surface area contributed by atoms with Crippen LogP contribution in [0, 0.1) is 0 Å². The van der Waals surface area contributed by atoms with Gasteiger partial charge in [-0.25, -0.2) is 4.39 Å². The van der Waals surface area contributed by atoms with E-state index < -0.39 is 12.8 Å². The molecular formula is C11H15FO3. The van der Waals surface area contributed by atoms with Crippen LogP contribution in [0.1, 0.15) is 18.6 Å². The highest BCUT2D eigenvalue weighted by Crippen LogP contribution is 2.30. The van der Waals surface area contributed by atoms with E-state index in [-0.39, 0.29) is 6.61 Å². The molecule has 1 aromatic carbocycles. The van der Waals surface area contributed by atoms with E-state index in [1.807, 2.05) is 0 Å². The molecule has 0 bridgehead atoms. The van der Waals surface area contributed by atoms with Crippen LogP contribution in [0.15, 0.2) is 18.2 Å². The first kappa shape index (κ1) is 11.8. The molecule has 0 unspecified atom stereocenters. The molecule has 4 heteroatoms. The minimum atomic E-state index is -0.561. The van der Waals surface area contributed by atoms with Crippen molar-refractivity contribution in [2.75, 3.05) is 20.4 Å². The van der Waals surface area contributed by atoms with Gasteiger partial charge in [-0.1, -0.05) is 6.07 Å². The summed E-state index contributed by atoms with van der Waals surface area (Å²) in [6, 6.07) is 5.07. The first-order valence-corrected chi connectivity index (χ1v) is 4.73. The first-order chi connectivity index (χ1) is 7.19. The fourth-order valence-electron chi connectivity index (χ4n) is 1.21. The molecule has 0 aliphatic rings. The zero-order valence-electron chi connectivity index (χ0n) is 8.87. The van der Waals surface area contributed by atoms with Gasteiger partial charge in [0.2, 0.25) is 0 Å². The number of benzene rings is 1. The van der Waals surface area contributed by atoms with Gasteiger partial charge < -0.3 is 14.6 Å². The van der Waals surface area contributed by atoms with Crippen molar-refractivity contribution in [2.24, 2.45) is 0 Å². The van der Waals surface area contributed by atoms with Gasteiger partial charge in [0.15, 0.2) is 11.5 Å². The number of aliphatic hydroxyl groups is 1. The average Bonchev–Trinajstić information content (AvgIpc) is 2.25. The van der Waals surface area contributed by atoms with Gasteiger partial charge in [-0.15, -0.1) is 0 Å². The number of aliphatic hydroxyl groups excluding tert-OH is 1. The lowest BCUT2D eigenvalue weighted by Crippen LogP contribution is -2.01. The number of hydrogen-bond acceptors (Lipinski definition) is 3. The topological polar surface area (TPSA) is 38.7 Å². The second-order valence-corrected chi connectivity index (χ2v) is 3.12. The lowest BCUT2D eigenvalue weighted by atomic mass is 10.1. The van der Waals surface area contributed by atoms with Crippen LogP contribution in [0.5, 0.6) is 11.5 Å². The van der Waals surface area contributed by atoms with Crippen LogP contribution in [0.2, 0.25) is 0 Å². The number of hydrogen-bond donors (Lipinski definition) is 1. The predicted octanol–water partition coefficient (Wildman–Crippen LogP) is 2.10. The van der Waals surface area contributed by atoms with Crippen LogP contribution >= 0.6 is 0 Å². The molecular weight excluding hydrogens is 199 g/mol. The van der Waals surface area contributed by atoms with Crippen molar-refractivity contribution in [3.8, 4) is 11.5 Å². The number of halogens is 1. The summed E-state index contributed by atoms with van der Waals surface area (Å²) in [6.07, 6.45) is -0.561. The Morgan fingerprint density at radius 1 is 1.40 bits per heavy atom. The van der Waals surface area contributed by atoms with Gasteiger partial charge in [0.05, 0.1) is 13.2 Å². The van der Waals surface area contributed by atoms with Gasteiger partial charge in [0.25, 0.3) is 0 Å². The molecule has 84 valence electrons. The summed E-state index contributed by atoms with van der Waals surface area (Å²) in [5.41, 5.74) is 0.736. The van der Waals surface area contributed by atoms with Crippen molar-refractivity contribution < 1.29 is 19.0 Å². The highest BCUT2D eigenvalue weighted by molar-refractivity contribution is 5.43. The van der Waals surface area contributed by atoms with Crippen molar-refractivity contribution in [1.29, 1.82) is 0 Å². The molecule has 3 nitrogen and oxygen atoms in total. The third-order valence-electron chi connectivity index (χ3n) is 2.00. The van der Waals surface area contributed by atoms with Crippen molar-refractivity contribution in [2.45, 2.75) is 13.0 Å². The Morgan fingerprint density at radius 2 is 2.13 bits per heavy atom. The van der Waals surface area contributed by atoms with Gasteiger partial charge in [0.1, 0.15) is 13.3 Å². The summed E-state index contributed by atoms with van der Waals surface area (Å²) in [4.78, 5) is 0. The van der Waals surface area contributed by atoms with Crippen molar-refractivity contribution in [1.82, 2.24) is 0 Å². The monoisotopic (exact) mass is 214 g/mol. The van der Waals surface area contributed by atoms with Gasteiger partial charge in [-0.05, 0) is 24.6 Å². The molecule has 0 aromatic heterocycles. The predicted molar refractivity (Wildman–Crippen MR) is 55.1 cm³/mol. The zero-order valence-corrected chi connectivity index (χ0v) is 8.87. The summed E-state index contributed by atoms with van der Waals surface area (Å²) in [7, 11) is 1.50. The van der Waals surface area contributed by atoms with E-state index in [0.717, 1.165) is 5.56 Å². The van der Waals surface area contributed by atoms with E-state index in [1.54, 1.807) is 25.1 Å². The molecule has 0 fully saturated rings. The number of ether oxygens (including phenoxy) is 2. The highest BCUT2D eigenvalue weighted by atomic mass is 19.1. The Bertz CT molecular complexity index is 313. The van der Waals surface area contributed by atoms with E-state index in [0.29, 0.717) is 11.5 Å². The van der Waals surface area contributed by atoms with Crippen molar-refractivity contribution >= 4 is 0 Å². The molecule has 1 aromatic rings. The second kappa shape index (κ2) is 5.56. The molecule has 0 aliphatic heterocycles. The fraction of sp³-hybridized carbons (Fsp3) is 0.455. The second-order valence-electron chi connectivity index (χ2n) is 3.12. The molecule has 0 radical (unpaired) electrons. The molecule has 0 spiro atoms. The normalized spacial score (nSPS) is 12.3. The molecule has 0 saturated heterocycles. The Kier molecular flexibility index (Phi) is 4.37.